The van der Waals surface area contributed by atoms with Gasteiger partial charge in [-0.25, -0.2) is 0 Å². The molecule has 0 bridgehead atoms. The quantitative estimate of drug-likeness (QED) is 0.538. The average molecular weight is 165 g/mol. The Morgan fingerprint density at radius 3 is 3.08 bits per heavy atom. The van der Waals surface area contributed by atoms with Gasteiger partial charge in [0.05, 0.1) is 12.1 Å². The SMILES string of the molecule is CC(N)C(=O)N1CC=CC1C#N. The molecule has 64 valence electrons. The average Bonchev–Trinajstić information content (AvgIpc) is 2.49. The van der Waals surface area contributed by atoms with E-state index in [1.807, 2.05) is 6.07 Å². The van der Waals surface area contributed by atoms with Gasteiger partial charge in [-0.15, -0.1) is 0 Å². The Morgan fingerprint density at radius 2 is 2.58 bits per heavy atom. The van der Waals surface area contributed by atoms with E-state index in [4.69, 9.17) is 11.0 Å². The van der Waals surface area contributed by atoms with Crippen molar-refractivity contribution in [1.82, 2.24) is 4.90 Å². The van der Waals surface area contributed by atoms with Crippen molar-refractivity contribution in [2.75, 3.05) is 6.54 Å². The maximum atomic E-state index is 11.3. The molecule has 1 heterocycles. The van der Waals surface area contributed by atoms with Gasteiger partial charge in [-0.1, -0.05) is 6.08 Å². The Labute approximate surface area is 71.3 Å². The predicted octanol–water partition coefficient (Wildman–Crippen LogP) is -0.376. The van der Waals surface area contributed by atoms with E-state index >= 15 is 0 Å². The molecule has 0 fully saturated rings. The first-order valence-electron chi connectivity index (χ1n) is 3.79. The Hall–Kier alpha value is -1.34. The number of rotatable bonds is 1. The van der Waals surface area contributed by atoms with E-state index < -0.39 is 12.1 Å². The Kier molecular flexibility index (Phi) is 2.46. The number of hydrogen-bond acceptors (Lipinski definition) is 3. The number of nitriles is 1. The molecular formula is C8H11N3O. The summed E-state index contributed by atoms with van der Waals surface area (Å²) in [6.45, 7) is 2.12. The molecule has 0 aromatic heterocycles. The minimum atomic E-state index is -0.527. The van der Waals surface area contributed by atoms with Gasteiger partial charge in [0.1, 0.15) is 6.04 Å². The van der Waals surface area contributed by atoms with Crippen LogP contribution in [0.1, 0.15) is 6.92 Å². The molecular weight excluding hydrogens is 154 g/mol. The largest absolute Gasteiger partial charge is 0.320 e. The fraction of sp³-hybridized carbons (Fsp3) is 0.500. The molecule has 0 aliphatic carbocycles. The smallest absolute Gasteiger partial charge is 0.240 e. The first-order chi connectivity index (χ1) is 5.66. The van der Waals surface area contributed by atoms with E-state index in [1.54, 1.807) is 19.1 Å². The summed E-state index contributed by atoms with van der Waals surface area (Å²) in [5, 5.41) is 8.63. The summed E-state index contributed by atoms with van der Waals surface area (Å²) in [6.07, 6.45) is 3.51. The third-order valence-corrected chi connectivity index (χ3v) is 1.76. The van der Waals surface area contributed by atoms with Gasteiger partial charge in [-0.2, -0.15) is 5.26 Å². The highest BCUT2D eigenvalue weighted by Gasteiger charge is 2.25. The Balaban J connectivity index is 2.66. The maximum Gasteiger partial charge on any atom is 0.240 e. The zero-order chi connectivity index (χ0) is 9.14. The molecule has 4 nitrogen and oxygen atoms in total. The van der Waals surface area contributed by atoms with Crippen molar-refractivity contribution in [2.45, 2.75) is 19.0 Å². The zero-order valence-corrected chi connectivity index (χ0v) is 6.90. The van der Waals surface area contributed by atoms with Crippen LogP contribution >= 0.6 is 0 Å². The molecule has 0 spiro atoms. The molecule has 1 amide bonds. The van der Waals surface area contributed by atoms with Gasteiger partial charge in [0.2, 0.25) is 5.91 Å². The minimum Gasteiger partial charge on any atom is -0.320 e. The number of amides is 1. The second-order valence-corrected chi connectivity index (χ2v) is 2.78. The molecule has 0 saturated heterocycles. The van der Waals surface area contributed by atoms with Crippen LogP contribution in [0.5, 0.6) is 0 Å². The van der Waals surface area contributed by atoms with Crippen molar-refractivity contribution < 1.29 is 4.79 Å². The fourth-order valence-corrected chi connectivity index (χ4v) is 1.12. The summed E-state index contributed by atoms with van der Waals surface area (Å²) in [6, 6.07) is 1.06. The summed E-state index contributed by atoms with van der Waals surface area (Å²) in [5.74, 6) is -0.174. The second-order valence-electron chi connectivity index (χ2n) is 2.78. The lowest BCUT2D eigenvalue weighted by molar-refractivity contribution is -0.131. The highest BCUT2D eigenvalue weighted by atomic mass is 16.2. The van der Waals surface area contributed by atoms with Crippen molar-refractivity contribution >= 4 is 5.91 Å². The normalized spacial score (nSPS) is 23.8. The van der Waals surface area contributed by atoms with E-state index in [0.717, 1.165) is 0 Å². The molecule has 0 aromatic carbocycles. The molecule has 4 heteroatoms. The van der Waals surface area contributed by atoms with Crippen LogP contribution in [0.3, 0.4) is 0 Å². The summed E-state index contributed by atoms with van der Waals surface area (Å²) < 4.78 is 0. The highest BCUT2D eigenvalue weighted by Crippen LogP contribution is 2.09. The van der Waals surface area contributed by atoms with Crippen LogP contribution < -0.4 is 5.73 Å². The monoisotopic (exact) mass is 165 g/mol. The molecule has 12 heavy (non-hydrogen) atoms. The number of carbonyl (C=O) groups is 1. The molecule has 0 saturated carbocycles. The predicted molar refractivity (Wildman–Crippen MR) is 43.9 cm³/mol. The third-order valence-electron chi connectivity index (χ3n) is 1.76. The van der Waals surface area contributed by atoms with Crippen molar-refractivity contribution in [3.63, 3.8) is 0 Å². The van der Waals surface area contributed by atoms with Crippen LogP contribution in [-0.2, 0) is 4.79 Å². The van der Waals surface area contributed by atoms with E-state index in [-0.39, 0.29) is 5.91 Å². The molecule has 2 unspecified atom stereocenters. The van der Waals surface area contributed by atoms with Gasteiger partial charge in [-0.05, 0) is 13.0 Å². The number of nitrogens with two attached hydrogens (primary N) is 1. The lowest BCUT2D eigenvalue weighted by Crippen LogP contribution is -2.44. The first kappa shape index (κ1) is 8.75. The maximum absolute atomic E-state index is 11.3. The van der Waals surface area contributed by atoms with Crippen molar-refractivity contribution in [1.29, 1.82) is 5.26 Å². The fourth-order valence-electron chi connectivity index (χ4n) is 1.12. The molecule has 1 rings (SSSR count). The first-order valence-corrected chi connectivity index (χ1v) is 3.79. The molecule has 1 aliphatic rings. The van der Waals surface area contributed by atoms with Gasteiger partial charge < -0.3 is 10.6 Å². The topological polar surface area (TPSA) is 70.1 Å². The minimum absolute atomic E-state index is 0.174. The van der Waals surface area contributed by atoms with Crippen LogP contribution in [0.25, 0.3) is 0 Å². The van der Waals surface area contributed by atoms with Crippen molar-refractivity contribution in [3.8, 4) is 6.07 Å². The van der Waals surface area contributed by atoms with Crippen LogP contribution in [0.15, 0.2) is 12.2 Å². The van der Waals surface area contributed by atoms with Gasteiger partial charge in [-0.3, -0.25) is 4.79 Å². The number of nitrogens with zero attached hydrogens (tertiary/aromatic N) is 2. The number of hydrogen-bond donors (Lipinski definition) is 1. The lowest BCUT2D eigenvalue weighted by Gasteiger charge is -2.21. The Bertz CT molecular complexity index is 252. The molecule has 0 radical (unpaired) electrons. The summed E-state index contributed by atoms with van der Waals surface area (Å²) in [5.41, 5.74) is 5.40. The van der Waals surface area contributed by atoms with Crippen LogP contribution in [0, 0.1) is 11.3 Å². The molecule has 2 atom stereocenters. The van der Waals surface area contributed by atoms with E-state index in [2.05, 4.69) is 0 Å². The zero-order valence-electron chi connectivity index (χ0n) is 6.90. The molecule has 2 N–H and O–H groups in total. The standard InChI is InChI=1S/C8H11N3O/c1-6(10)8(12)11-4-2-3-7(11)5-9/h2-3,6-7H,4,10H2,1H3. The lowest BCUT2D eigenvalue weighted by atomic mass is 10.2. The van der Waals surface area contributed by atoms with Crippen LogP contribution in [0.4, 0.5) is 0 Å². The van der Waals surface area contributed by atoms with Gasteiger partial charge in [0, 0.05) is 6.54 Å². The summed E-state index contributed by atoms with van der Waals surface area (Å²) >= 11 is 0. The van der Waals surface area contributed by atoms with E-state index in [1.165, 1.54) is 4.90 Å². The van der Waals surface area contributed by atoms with Crippen molar-refractivity contribution in [3.05, 3.63) is 12.2 Å². The van der Waals surface area contributed by atoms with Crippen LogP contribution in [0.2, 0.25) is 0 Å². The van der Waals surface area contributed by atoms with Gasteiger partial charge in [0.15, 0.2) is 0 Å². The van der Waals surface area contributed by atoms with Gasteiger partial charge in [0.25, 0.3) is 0 Å². The molecule has 1 aliphatic heterocycles. The highest BCUT2D eigenvalue weighted by molar-refractivity contribution is 5.82. The summed E-state index contributed by atoms with van der Waals surface area (Å²) in [7, 11) is 0. The Morgan fingerprint density at radius 1 is 1.92 bits per heavy atom. The van der Waals surface area contributed by atoms with E-state index in [9.17, 15) is 4.79 Å². The van der Waals surface area contributed by atoms with Crippen molar-refractivity contribution in [2.24, 2.45) is 5.73 Å². The van der Waals surface area contributed by atoms with Gasteiger partial charge >= 0.3 is 0 Å². The van der Waals surface area contributed by atoms with Crippen LogP contribution in [-0.4, -0.2) is 29.4 Å². The second kappa shape index (κ2) is 3.37. The van der Waals surface area contributed by atoms with E-state index in [0.29, 0.717) is 6.54 Å². The molecule has 0 aromatic rings. The summed E-state index contributed by atoms with van der Waals surface area (Å²) in [4.78, 5) is 12.8. The number of carbonyl (C=O) groups excluding carboxylic acids is 1. The third kappa shape index (κ3) is 1.46.